The minimum atomic E-state index is 0.319. The second kappa shape index (κ2) is 3.76. The molecule has 16 heavy (non-hydrogen) atoms. The number of fused-ring (bicyclic) bond motifs is 2. The Morgan fingerprint density at radius 1 is 1.25 bits per heavy atom. The largest absolute Gasteiger partial charge is 0.348 e. The Labute approximate surface area is 97.0 Å². The second-order valence-corrected chi connectivity index (χ2v) is 5.40. The van der Waals surface area contributed by atoms with Crippen LogP contribution in [0.5, 0.6) is 0 Å². The molecule has 0 fully saturated rings. The molecule has 3 rings (SSSR count). The van der Waals surface area contributed by atoms with Crippen LogP contribution >= 0.6 is 0 Å². The first kappa shape index (κ1) is 10.1. The van der Waals surface area contributed by atoms with E-state index >= 15 is 0 Å². The summed E-state index contributed by atoms with van der Waals surface area (Å²) in [5.41, 5.74) is 4.51. The van der Waals surface area contributed by atoms with Crippen molar-refractivity contribution in [1.82, 2.24) is 4.90 Å². The summed E-state index contributed by atoms with van der Waals surface area (Å²) >= 11 is 0. The second-order valence-electron chi connectivity index (χ2n) is 5.40. The van der Waals surface area contributed by atoms with Crippen LogP contribution in [0.1, 0.15) is 45.4 Å². The van der Waals surface area contributed by atoms with E-state index < -0.39 is 0 Å². The molecule has 0 bridgehead atoms. The number of rotatable bonds is 0. The molecular formula is C14H19NO. The minimum absolute atomic E-state index is 0.319. The van der Waals surface area contributed by atoms with Gasteiger partial charge in [0.15, 0.2) is 5.78 Å². The number of hydrogen-bond acceptors (Lipinski definition) is 2. The van der Waals surface area contributed by atoms with Gasteiger partial charge in [-0.1, -0.05) is 12.5 Å². The molecule has 3 aliphatic rings. The van der Waals surface area contributed by atoms with Crippen LogP contribution in [0.4, 0.5) is 0 Å². The maximum absolute atomic E-state index is 11.4. The van der Waals surface area contributed by atoms with Crippen LogP contribution in [-0.2, 0) is 4.79 Å². The van der Waals surface area contributed by atoms with E-state index in [-0.39, 0.29) is 0 Å². The van der Waals surface area contributed by atoms with Gasteiger partial charge in [-0.2, -0.15) is 0 Å². The summed E-state index contributed by atoms with van der Waals surface area (Å²) in [5.74, 6) is 1.18. The Morgan fingerprint density at radius 3 is 3.00 bits per heavy atom. The Kier molecular flexibility index (Phi) is 2.38. The topological polar surface area (TPSA) is 20.3 Å². The summed E-state index contributed by atoms with van der Waals surface area (Å²) in [5, 5.41) is 0. The number of allylic oxidation sites excluding steroid dienone is 4. The third-order valence-electron chi connectivity index (χ3n) is 4.14. The first-order valence-corrected chi connectivity index (χ1v) is 6.46. The molecule has 1 atom stereocenters. The summed E-state index contributed by atoms with van der Waals surface area (Å²) in [6.45, 7) is 3.28. The van der Waals surface area contributed by atoms with E-state index in [9.17, 15) is 4.79 Å². The molecule has 0 aromatic rings. The lowest BCUT2D eigenvalue weighted by molar-refractivity contribution is -0.115. The van der Waals surface area contributed by atoms with E-state index in [0.29, 0.717) is 12.2 Å². The molecule has 0 N–H and O–H groups in total. The van der Waals surface area contributed by atoms with Gasteiger partial charge in [-0.25, -0.2) is 0 Å². The molecule has 2 nitrogen and oxygen atoms in total. The highest BCUT2D eigenvalue weighted by molar-refractivity contribution is 5.91. The van der Waals surface area contributed by atoms with Crippen LogP contribution in [0.3, 0.4) is 0 Å². The molecule has 0 saturated carbocycles. The van der Waals surface area contributed by atoms with Crippen molar-refractivity contribution in [3.63, 3.8) is 0 Å². The van der Waals surface area contributed by atoms with Gasteiger partial charge in [-0.15, -0.1) is 0 Å². The van der Waals surface area contributed by atoms with E-state index in [1.54, 1.807) is 11.3 Å². The summed E-state index contributed by atoms with van der Waals surface area (Å²) in [7, 11) is 0. The third kappa shape index (κ3) is 1.60. The summed E-state index contributed by atoms with van der Waals surface area (Å²) in [6, 6.07) is 0. The third-order valence-corrected chi connectivity index (χ3v) is 4.14. The van der Waals surface area contributed by atoms with Gasteiger partial charge in [-0.3, -0.25) is 4.79 Å². The molecule has 86 valence electrons. The number of carbonyl (C=O) groups is 1. The van der Waals surface area contributed by atoms with Gasteiger partial charge in [0.2, 0.25) is 0 Å². The fourth-order valence-electron chi connectivity index (χ4n) is 3.27. The molecule has 0 saturated heterocycles. The van der Waals surface area contributed by atoms with Crippen LogP contribution in [0.2, 0.25) is 0 Å². The number of nitrogens with zero attached hydrogens (tertiary/aromatic N) is 1. The van der Waals surface area contributed by atoms with Crippen molar-refractivity contribution in [2.75, 3.05) is 6.54 Å². The van der Waals surface area contributed by atoms with Crippen molar-refractivity contribution in [2.45, 2.75) is 45.4 Å². The van der Waals surface area contributed by atoms with Crippen molar-refractivity contribution >= 4 is 5.78 Å². The Morgan fingerprint density at radius 2 is 2.12 bits per heavy atom. The molecule has 2 aliphatic heterocycles. The highest BCUT2D eigenvalue weighted by Crippen LogP contribution is 2.41. The van der Waals surface area contributed by atoms with E-state index in [1.807, 2.05) is 6.08 Å². The summed E-state index contributed by atoms with van der Waals surface area (Å²) in [4.78, 5) is 13.8. The zero-order valence-corrected chi connectivity index (χ0v) is 9.96. The fourth-order valence-corrected chi connectivity index (χ4v) is 3.27. The van der Waals surface area contributed by atoms with Gasteiger partial charge in [0.05, 0.1) is 0 Å². The SMILES string of the molecule is CC1CCC2=C(CCC3=CC(=O)CCN32)C1. The van der Waals surface area contributed by atoms with Gasteiger partial charge in [0.1, 0.15) is 0 Å². The average molecular weight is 217 g/mol. The van der Waals surface area contributed by atoms with Gasteiger partial charge < -0.3 is 4.90 Å². The van der Waals surface area contributed by atoms with Gasteiger partial charge >= 0.3 is 0 Å². The zero-order valence-electron chi connectivity index (χ0n) is 9.96. The molecule has 0 amide bonds. The van der Waals surface area contributed by atoms with Crippen LogP contribution in [0.25, 0.3) is 0 Å². The number of ketones is 1. The molecule has 0 aromatic heterocycles. The van der Waals surface area contributed by atoms with E-state index in [1.165, 1.54) is 31.4 Å². The molecular weight excluding hydrogens is 198 g/mol. The predicted molar refractivity (Wildman–Crippen MR) is 63.7 cm³/mol. The fraction of sp³-hybridized carbons (Fsp3) is 0.643. The van der Waals surface area contributed by atoms with Crippen LogP contribution in [-0.4, -0.2) is 17.2 Å². The normalized spacial score (nSPS) is 29.8. The summed E-state index contributed by atoms with van der Waals surface area (Å²) < 4.78 is 0. The average Bonchev–Trinajstić information content (AvgIpc) is 2.28. The van der Waals surface area contributed by atoms with Crippen LogP contribution < -0.4 is 0 Å². The Bertz CT molecular complexity index is 392. The number of carbonyl (C=O) groups excluding carboxylic acids is 1. The van der Waals surface area contributed by atoms with E-state index in [4.69, 9.17) is 0 Å². The molecule has 0 aromatic carbocycles. The highest BCUT2D eigenvalue weighted by Gasteiger charge is 2.30. The summed E-state index contributed by atoms with van der Waals surface area (Å²) in [6.07, 6.45) is 8.68. The van der Waals surface area contributed by atoms with E-state index in [2.05, 4.69) is 11.8 Å². The standard InChI is InChI=1S/C14H19NO/c1-10-2-5-14-11(8-10)3-4-12-9-13(16)6-7-15(12)14/h9-10H,2-8H2,1H3. The quantitative estimate of drug-likeness (QED) is 0.621. The molecule has 0 spiro atoms. The first-order valence-electron chi connectivity index (χ1n) is 6.46. The van der Waals surface area contributed by atoms with Crippen molar-refractivity contribution in [2.24, 2.45) is 5.92 Å². The molecule has 1 unspecified atom stereocenters. The van der Waals surface area contributed by atoms with Crippen LogP contribution in [0.15, 0.2) is 23.0 Å². The van der Waals surface area contributed by atoms with Crippen molar-refractivity contribution in [1.29, 1.82) is 0 Å². The number of hydrogen-bond donors (Lipinski definition) is 0. The van der Waals surface area contributed by atoms with E-state index in [0.717, 1.165) is 18.9 Å². The molecule has 2 heteroatoms. The van der Waals surface area contributed by atoms with Gasteiger partial charge in [0.25, 0.3) is 0 Å². The lowest BCUT2D eigenvalue weighted by atomic mass is 9.82. The zero-order chi connectivity index (χ0) is 11.1. The maximum atomic E-state index is 11.4. The van der Waals surface area contributed by atoms with Crippen molar-refractivity contribution < 1.29 is 4.79 Å². The molecule has 0 radical (unpaired) electrons. The monoisotopic (exact) mass is 217 g/mol. The highest BCUT2D eigenvalue weighted by atomic mass is 16.1. The lowest BCUT2D eigenvalue weighted by Gasteiger charge is -2.41. The molecule has 2 heterocycles. The van der Waals surface area contributed by atoms with Crippen molar-refractivity contribution in [3.05, 3.63) is 23.0 Å². The Balaban J connectivity index is 1.93. The van der Waals surface area contributed by atoms with Crippen molar-refractivity contribution in [3.8, 4) is 0 Å². The first-order chi connectivity index (χ1) is 7.74. The lowest BCUT2D eigenvalue weighted by Crippen LogP contribution is -2.34. The predicted octanol–water partition coefficient (Wildman–Crippen LogP) is 3.01. The maximum Gasteiger partial charge on any atom is 0.159 e. The minimum Gasteiger partial charge on any atom is -0.348 e. The smallest absolute Gasteiger partial charge is 0.159 e. The molecule has 1 aliphatic carbocycles. The van der Waals surface area contributed by atoms with Gasteiger partial charge in [0, 0.05) is 30.4 Å². The van der Waals surface area contributed by atoms with Gasteiger partial charge in [-0.05, 0) is 38.0 Å². The van der Waals surface area contributed by atoms with Crippen LogP contribution in [0, 0.1) is 5.92 Å². The Hall–Kier alpha value is -1.05.